The van der Waals surface area contributed by atoms with Crippen LogP contribution in [0, 0.1) is 5.92 Å². The van der Waals surface area contributed by atoms with Crippen LogP contribution < -0.4 is 4.74 Å². The number of ether oxygens (including phenoxy) is 1. The van der Waals surface area contributed by atoms with Gasteiger partial charge in [-0.1, -0.05) is 66.7 Å². The highest BCUT2D eigenvalue weighted by Crippen LogP contribution is 2.52. The van der Waals surface area contributed by atoms with Crippen molar-refractivity contribution in [1.29, 1.82) is 0 Å². The first-order chi connectivity index (χ1) is 15.3. The molecule has 4 nitrogen and oxygen atoms in total. The summed E-state index contributed by atoms with van der Waals surface area (Å²) in [6.07, 6.45) is 5.07. The van der Waals surface area contributed by atoms with E-state index in [1.165, 1.54) is 11.1 Å². The highest BCUT2D eigenvalue weighted by atomic mass is 16.5. The normalized spacial score (nSPS) is 25.3. The summed E-state index contributed by atoms with van der Waals surface area (Å²) >= 11 is 0. The van der Waals surface area contributed by atoms with Gasteiger partial charge in [0, 0.05) is 22.6 Å². The van der Waals surface area contributed by atoms with Crippen LogP contribution in [-0.4, -0.2) is 15.8 Å². The van der Waals surface area contributed by atoms with Gasteiger partial charge in [-0.3, -0.25) is 0 Å². The van der Waals surface area contributed by atoms with Crippen molar-refractivity contribution in [3.63, 3.8) is 0 Å². The van der Waals surface area contributed by atoms with E-state index >= 15 is 0 Å². The number of nitrogens with zero attached hydrogens (tertiary/aromatic N) is 2. The first kappa shape index (κ1) is 18.3. The van der Waals surface area contributed by atoms with Gasteiger partial charge in [-0.15, -0.1) is 0 Å². The minimum absolute atomic E-state index is 0.165. The predicted molar refractivity (Wildman–Crippen MR) is 122 cm³/mol. The Morgan fingerprint density at radius 1 is 0.935 bits per heavy atom. The lowest BCUT2D eigenvalue weighted by Gasteiger charge is -2.40. The summed E-state index contributed by atoms with van der Waals surface area (Å²) in [5, 5.41) is 17.6. The number of aromatic hydroxyl groups is 1. The van der Waals surface area contributed by atoms with Gasteiger partial charge in [0.05, 0.1) is 11.8 Å². The standard InChI is InChI=1S/C27H24N2O2/c30-23-15-6-4-11-19(23)17-20-12-8-14-22-25(20)28-29-26(22)21-13-5-7-16-24(21)31-27(29)18-9-2-1-3-10-18/h1-7,9-11,13,15-17,22,26-27,30H,8,12,14H2/b20-17+/t22-,26-,27+/m1/s1. The van der Waals surface area contributed by atoms with E-state index in [2.05, 4.69) is 41.4 Å². The molecule has 3 aliphatic rings. The van der Waals surface area contributed by atoms with Crippen molar-refractivity contribution < 1.29 is 9.84 Å². The number of allylic oxidation sites excluding steroid dienone is 1. The maximum Gasteiger partial charge on any atom is 0.213 e. The SMILES string of the molecule is Oc1ccccc1/C=C1\CCC[C@@H]2C1=NN1[C@@H]2c2ccccc2O[C@H]1c1ccccc1. The Morgan fingerprint density at radius 3 is 2.58 bits per heavy atom. The first-order valence-electron chi connectivity index (χ1n) is 11.0. The number of phenolic OH excluding ortho intramolecular Hbond substituents is 1. The average Bonchev–Trinajstić information content (AvgIpc) is 3.22. The van der Waals surface area contributed by atoms with Crippen LogP contribution in [0.4, 0.5) is 0 Å². The molecule has 3 aromatic rings. The van der Waals surface area contributed by atoms with E-state index in [4.69, 9.17) is 9.84 Å². The molecule has 3 atom stereocenters. The molecule has 1 fully saturated rings. The molecule has 0 radical (unpaired) electrons. The van der Waals surface area contributed by atoms with E-state index in [1.807, 2.05) is 42.5 Å². The maximum atomic E-state index is 10.3. The monoisotopic (exact) mass is 408 g/mol. The molecule has 0 bridgehead atoms. The molecular formula is C27H24N2O2. The second-order valence-electron chi connectivity index (χ2n) is 8.46. The van der Waals surface area contributed by atoms with Crippen LogP contribution in [-0.2, 0) is 0 Å². The number of phenols is 1. The molecule has 0 saturated heterocycles. The Kier molecular flexibility index (Phi) is 4.30. The molecular weight excluding hydrogens is 384 g/mol. The molecule has 1 saturated carbocycles. The summed E-state index contributed by atoms with van der Waals surface area (Å²) in [6, 6.07) is 26.4. The minimum Gasteiger partial charge on any atom is -0.507 e. The number of hydrogen-bond acceptors (Lipinski definition) is 4. The summed E-state index contributed by atoms with van der Waals surface area (Å²) < 4.78 is 6.47. The van der Waals surface area contributed by atoms with Crippen LogP contribution in [0.2, 0.25) is 0 Å². The lowest BCUT2D eigenvalue weighted by atomic mass is 9.77. The molecule has 1 aliphatic carbocycles. The van der Waals surface area contributed by atoms with Crippen LogP contribution in [0.25, 0.3) is 6.08 Å². The highest BCUT2D eigenvalue weighted by molar-refractivity contribution is 6.07. The average molecular weight is 409 g/mol. The smallest absolute Gasteiger partial charge is 0.213 e. The van der Waals surface area contributed by atoms with Crippen molar-refractivity contribution in [2.24, 2.45) is 11.0 Å². The molecule has 4 heteroatoms. The second kappa shape index (κ2) is 7.31. The van der Waals surface area contributed by atoms with Crippen molar-refractivity contribution >= 4 is 11.8 Å². The van der Waals surface area contributed by atoms with Gasteiger partial charge in [-0.05, 0) is 43.0 Å². The van der Waals surface area contributed by atoms with Crippen LogP contribution in [0.3, 0.4) is 0 Å². The zero-order chi connectivity index (χ0) is 20.8. The van der Waals surface area contributed by atoms with E-state index in [0.717, 1.165) is 41.9 Å². The number of hydrogen-bond donors (Lipinski definition) is 1. The zero-order valence-electron chi connectivity index (χ0n) is 17.2. The molecule has 6 rings (SSSR count). The summed E-state index contributed by atoms with van der Waals surface area (Å²) in [5.41, 5.74) is 5.53. The van der Waals surface area contributed by atoms with E-state index in [-0.39, 0.29) is 12.3 Å². The number of hydrazone groups is 1. The van der Waals surface area contributed by atoms with Gasteiger partial charge in [0.25, 0.3) is 0 Å². The summed E-state index contributed by atoms with van der Waals surface area (Å²) in [5.74, 6) is 1.58. The van der Waals surface area contributed by atoms with Gasteiger partial charge >= 0.3 is 0 Å². The topological polar surface area (TPSA) is 45.1 Å². The highest BCUT2D eigenvalue weighted by Gasteiger charge is 2.48. The second-order valence-corrected chi connectivity index (χ2v) is 8.46. The summed E-state index contributed by atoms with van der Waals surface area (Å²) in [6.45, 7) is 0. The van der Waals surface area contributed by atoms with Gasteiger partial charge < -0.3 is 9.84 Å². The quantitative estimate of drug-likeness (QED) is 0.559. The van der Waals surface area contributed by atoms with Gasteiger partial charge in [0.2, 0.25) is 6.23 Å². The Balaban J connectivity index is 1.47. The summed E-state index contributed by atoms with van der Waals surface area (Å²) in [7, 11) is 0. The molecule has 0 amide bonds. The van der Waals surface area contributed by atoms with E-state index in [0.29, 0.717) is 11.7 Å². The van der Waals surface area contributed by atoms with Crippen LogP contribution in [0.5, 0.6) is 11.5 Å². The number of para-hydroxylation sites is 2. The van der Waals surface area contributed by atoms with E-state index < -0.39 is 0 Å². The Hall–Kier alpha value is -3.53. The van der Waals surface area contributed by atoms with Gasteiger partial charge in [-0.2, -0.15) is 5.10 Å². The largest absolute Gasteiger partial charge is 0.507 e. The number of rotatable bonds is 2. The van der Waals surface area contributed by atoms with Crippen molar-refractivity contribution in [1.82, 2.24) is 5.01 Å². The summed E-state index contributed by atoms with van der Waals surface area (Å²) in [4.78, 5) is 0. The van der Waals surface area contributed by atoms with Crippen LogP contribution in [0.1, 0.15) is 48.2 Å². The maximum absolute atomic E-state index is 10.3. The van der Waals surface area contributed by atoms with Crippen molar-refractivity contribution in [2.75, 3.05) is 0 Å². The Bertz CT molecular complexity index is 1180. The number of benzene rings is 3. The molecule has 3 aromatic carbocycles. The minimum atomic E-state index is -0.245. The first-order valence-corrected chi connectivity index (χ1v) is 11.0. The molecule has 1 N–H and O–H groups in total. The van der Waals surface area contributed by atoms with Gasteiger partial charge in [0.15, 0.2) is 0 Å². The van der Waals surface area contributed by atoms with E-state index in [1.54, 1.807) is 6.07 Å². The molecule has 0 spiro atoms. The molecule has 0 unspecified atom stereocenters. The lowest BCUT2D eigenvalue weighted by Crippen LogP contribution is -2.36. The van der Waals surface area contributed by atoms with E-state index in [9.17, 15) is 5.11 Å². The third kappa shape index (κ3) is 3.02. The van der Waals surface area contributed by atoms with Crippen LogP contribution >= 0.6 is 0 Å². The molecule has 0 aromatic heterocycles. The van der Waals surface area contributed by atoms with Crippen molar-refractivity contribution in [3.8, 4) is 11.5 Å². The molecule has 154 valence electrons. The van der Waals surface area contributed by atoms with Crippen molar-refractivity contribution in [2.45, 2.75) is 31.5 Å². The molecule has 2 aliphatic heterocycles. The third-order valence-electron chi connectivity index (χ3n) is 6.60. The fraction of sp³-hybridized carbons (Fsp3) is 0.222. The lowest BCUT2D eigenvalue weighted by molar-refractivity contribution is -0.0293. The third-order valence-corrected chi connectivity index (χ3v) is 6.60. The van der Waals surface area contributed by atoms with Crippen LogP contribution in [0.15, 0.2) is 89.5 Å². The molecule has 31 heavy (non-hydrogen) atoms. The number of fused-ring (bicyclic) bond motifs is 5. The van der Waals surface area contributed by atoms with Gasteiger partial charge in [-0.25, -0.2) is 5.01 Å². The Labute approximate surface area is 182 Å². The van der Waals surface area contributed by atoms with Crippen molar-refractivity contribution in [3.05, 3.63) is 101 Å². The van der Waals surface area contributed by atoms with Gasteiger partial charge in [0.1, 0.15) is 11.5 Å². The fourth-order valence-corrected chi connectivity index (χ4v) is 5.18. The Morgan fingerprint density at radius 2 is 1.71 bits per heavy atom. The fourth-order valence-electron chi connectivity index (χ4n) is 5.18. The predicted octanol–water partition coefficient (Wildman–Crippen LogP) is 6.08. The molecule has 2 heterocycles. The zero-order valence-corrected chi connectivity index (χ0v) is 17.2.